The maximum atomic E-state index is 12.2. The van der Waals surface area contributed by atoms with Gasteiger partial charge >= 0.3 is 0 Å². The molecule has 0 saturated heterocycles. The van der Waals surface area contributed by atoms with E-state index in [9.17, 15) is 8.42 Å². The first-order valence-corrected chi connectivity index (χ1v) is 7.40. The van der Waals surface area contributed by atoms with Crippen molar-refractivity contribution in [3.05, 3.63) is 47.3 Å². The molecule has 0 amide bonds. The molecule has 0 atom stereocenters. The fourth-order valence-electron chi connectivity index (χ4n) is 1.76. The minimum atomic E-state index is -3.72. The number of aromatic nitrogens is 2. The van der Waals surface area contributed by atoms with E-state index in [2.05, 4.69) is 9.82 Å². The first-order valence-electron chi connectivity index (χ1n) is 5.92. The van der Waals surface area contributed by atoms with Crippen LogP contribution in [-0.2, 0) is 23.6 Å². The topological polar surface area (TPSA) is 87.8 Å². The van der Waals surface area contributed by atoms with Crippen LogP contribution < -0.4 is 4.72 Å². The molecule has 0 spiro atoms. The SMILES string of the molecule is Cc1c(CNS(=O)(=O)c2ccccc2C#N)cnn1C. The predicted octanol–water partition coefficient (Wildman–Crippen LogP) is 1.08. The number of nitrogens with one attached hydrogen (secondary N) is 1. The zero-order valence-corrected chi connectivity index (χ0v) is 12.0. The number of rotatable bonds is 4. The van der Waals surface area contributed by atoms with Crippen molar-refractivity contribution in [3.8, 4) is 6.07 Å². The molecule has 0 saturated carbocycles. The highest BCUT2D eigenvalue weighted by Gasteiger charge is 2.18. The van der Waals surface area contributed by atoms with Crippen molar-refractivity contribution in [1.82, 2.24) is 14.5 Å². The van der Waals surface area contributed by atoms with Crippen molar-refractivity contribution >= 4 is 10.0 Å². The quantitative estimate of drug-likeness (QED) is 0.912. The summed E-state index contributed by atoms with van der Waals surface area (Å²) in [5, 5.41) is 13.0. The molecule has 104 valence electrons. The lowest BCUT2D eigenvalue weighted by Gasteiger charge is -2.07. The van der Waals surface area contributed by atoms with E-state index < -0.39 is 10.0 Å². The Hall–Kier alpha value is -2.17. The molecule has 0 aliphatic carbocycles. The van der Waals surface area contributed by atoms with Crippen molar-refractivity contribution in [3.63, 3.8) is 0 Å². The summed E-state index contributed by atoms with van der Waals surface area (Å²) in [5.74, 6) is 0. The van der Waals surface area contributed by atoms with E-state index in [4.69, 9.17) is 5.26 Å². The third kappa shape index (κ3) is 2.71. The smallest absolute Gasteiger partial charge is 0.242 e. The van der Waals surface area contributed by atoms with Crippen LogP contribution in [0.2, 0.25) is 0 Å². The summed E-state index contributed by atoms with van der Waals surface area (Å²) >= 11 is 0. The van der Waals surface area contributed by atoms with E-state index in [-0.39, 0.29) is 17.0 Å². The molecule has 6 nitrogen and oxygen atoms in total. The van der Waals surface area contributed by atoms with Crippen LogP contribution in [0.3, 0.4) is 0 Å². The van der Waals surface area contributed by atoms with Gasteiger partial charge in [-0.05, 0) is 19.1 Å². The zero-order valence-electron chi connectivity index (χ0n) is 11.2. The monoisotopic (exact) mass is 290 g/mol. The molecular weight excluding hydrogens is 276 g/mol. The van der Waals surface area contributed by atoms with Crippen LogP contribution in [0.15, 0.2) is 35.4 Å². The van der Waals surface area contributed by atoms with Crippen LogP contribution in [0.25, 0.3) is 0 Å². The van der Waals surface area contributed by atoms with Gasteiger partial charge in [0.05, 0.1) is 16.7 Å². The van der Waals surface area contributed by atoms with Gasteiger partial charge in [-0.15, -0.1) is 0 Å². The second-order valence-corrected chi connectivity index (χ2v) is 6.05. The van der Waals surface area contributed by atoms with E-state index in [1.807, 2.05) is 13.0 Å². The van der Waals surface area contributed by atoms with Gasteiger partial charge in [-0.1, -0.05) is 12.1 Å². The normalized spacial score (nSPS) is 11.2. The number of nitriles is 1. The molecule has 1 N–H and O–H groups in total. The molecule has 0 aliphatic rings. The lowest BCUT2D eigenvalue weighted by atomic mass is 10.2. The Morgan fingerprint density at radius 2 is 2.10 bits per heavy atom. The van der Waals surface area contributed by atoms with Crippen LogP contribution in [0.5, 0.6) is 0 Å². The number of hydrogen-bond donors (Lipinski definition) is 1. The fourth-order valence-corrected chi connectivity index (χ4v) is 2.92. The summed E-state index contributed by atoms with van der Waals surface area (Å²) in [6, 6.07) is 7.99. The zero-order chi connectivity index (χ0) is 14.8. The van der Waals surface area contributed by atoms with Gasteiger partial charge in [-0.2, -0.15) is 10.4 Å². The van der Waals surface area contributed by atoms with Crippen molar-refractivity contribution in [2.24, 2.45) is 7.05 Å². The molecule has 0 unspecified atom stereocenters. The molecule has 1 aromatic carbocycles. The third-order valence-corrected chi connectivity index (χ3v) is 4.55. The second kappa shape index (κ2) is 5.45. The standard InChI is InChI=1S/C13H14N4O2S/c1-10-12(8-15-17(10)2)9-16-20(18,19)13-6-4-3-5-11(13)7-14/h3-6,8,16H,9H2,1-2H3. The largest absolute Gasteiger partial charge is 0.273 e. The van der Waals surface area contributed by atoms with Gasteiger partial charge in [0.25, 0.3) is 0 Å². The van der Waals surface area contributed by atoms with Crippen LogP contribution in [0, 0.1) is 18.3 Å². The Balaban J connectivity index is 2.24. The lowest BCUT2D eigenvalue weighted by Crippen LogP contribution is -2.24. The first kappa shape index (κ1) is 14.2. The van der Waals surface area contributed by atoms with Crippen LogP contribution in [-0.4, -0.2) is 18.2 Å². The summed E-state index contributed by atoms with van der Waals surface area (Å²) in [6.45, 7) is 2.00. The van der Waals surface area contributed by atoms with Crippen molar-refractivity contribution in [2.45, 2.75) is 18.4 Å². The summed E-state index contributed by atoms with van der Waals surface area (Å²) in [5.41, 5.74) is 1.81. The molecule has 0 radical (unpaired) electrons. The molecule has 7 heteroatoms. The third-order valence-electron chi connectivity index (χ3n) is 3.09. The summed E-state index contributed by atoms with van der Waals surface area (Å²) in [6.07, 6.45) is 1.62. The van der Waals surface area contributed by atoms with Crippen LogP contribution in [0.4, 0.5) is 0 Å². The van der Waals surface area contributed by atoms with Gasteiger partial charge in [0.15, 0.2) is 0 Å². The average molecular weight is 290 g/mol. The lowest BCUT2D eigenvalue weighted by molar-refractivity contribution is 0.581. The highest BCUT2D eigenvalue weighted by Crippen LogP contribution is 2.15. The van der Waals surface area contributed by atoms with Gasteiger partial charge in [-0.25, -0.2) is 13.1 Å². The molecular formula is C13H14N4O2S. The number of aryl methyl sites for hydroxylation is 1. The maximum Gasteiger partial charge on any atom is 0.242 e. The summed E-state index contributed by atoms with van der Waals surface area (Å²) in [7, 11) is -1.93. The summed E-state index contributed by atoms with van der Waals surface area (Å²) < 4.78 is 28.6. The van der Waals surface area contributed by atoms with E-state index in [0.29, 0.717) is 0 Å². The van der Waals surface area contributed by atoms with Gasteiger partial charge in [0, 0.05) is 24.8 Å². The van der Waals surface area contributed by atoms with E-state index in [1.165, 1.54) is 12.1 Å². The maximum absolute atomic E-state index is 12.2. The van der Waals surface area contributed by atoms with Gasteiger partial charge in [0.2, 0.25) is 10.0 Å². The highest BCUT2D eigenvalue weighted by atomic mass is 32.2. The molecule has 20 heavy (non-hydrogen) atoms. The number of hydrogen-bond acceptors (Lipinski definition) is 4. The van der Waals surface area contributed by atoms with Crippen LogP contribution in [0.1, 0.15) is 16.8 Å². The van der Waals surface area contributed by atoms with Gasteiger partial charge in [-0.3, -0.25) is 4.68 Å². The van der Waals surface area contributed by atoms with Crippen molar-refractivity contribution < 1.29 is 8.42 Å². The van der Waals surface area contributed by atoms with Gasteiger partial charge in [0.1, 0.15) is 6.07 Å². The Labute approximate surface area is 117 Å². The number of sulfonamides is 1. The Bertz CT molecular complexity index is 772. The predicted molar refractivity (Wildman–Crippen MR) is 73.1 cm³/mol. The van der Waals surface area contributed by atoms with E-state index >= 15 is 0 Å². The molecule has 1 heterocycles. The molecule has 2 rings (SSSR count). The molecule has 0 bridgehead atoms. The summed E-state index contributed by atoms with van der Waals surface area (Å²) in [4.78, 5) is -0.0101. The Morgan fingerprint density at radius 3 is 2.70 bits per heavy atom. The van der Waals surface area contributed by atoms with E-state index in [0.717, 1.165) is 11.3 Å². The molecule has 2 aromatic rings. The van der Waals surface area contributed by atoms with Crippen molar-refractivity contribution in [1.29, 1.82) is 5.26 Å². The Kier molecular flexibility index (Phi) is 3.88. The highest BCUT2D eigenvalue weighted by molar-refractivity contribution is 7.89. The minimum Gasteiger partial charge on any atom is -0.273 e. The number of benzene rings is 1. The van der Waals surface area contributed by atoms with Crippen LogP contribution >= 0.6 is 0 Å². The number of nitrogens with zero attached hydrogens (tertiary/aromatic N) is 3. The molecule has 0 fully saturated rings. The Morgan fingerprint density at radius 1 is 1.40 bits per heavy atom. The van der Waals surface area contributed by atoms with E-state index in [1.54, 1.807) is 30.1 Å². The second-order valence-electron chi connectivity index (χ2n) is 4.31. The minimum absolute atomic E-state index is 0.0101. The molecule has 1 aromatic heterocycles. The van der Waals surface area contributed by atoms with Crippen molar-refractivity contribution in [2.75, 3.05) is 0 Å². The fraction of sp³-hybridized carbons (Fsp3) is 0.231. The first-order chi connectivity index (χ1) is 9.45. The average Bonchev–Trinajstić information content (AvgIpc) is 2.76. The van der Waals surface area contributed by atoms with Gasteiger partial charge < -0.3 is 0 Å². The molecule has 0 aliphatic heterocycles.